The van der Waals surface area contributed by atoms with Crippen LogP contribution in [0.1, 0.15) is 11.6 Å². The van der Waals surface area contributed by atoms with E-state index >= 15 is 0 Å². The van der Waals surface area contributed by atoms with Gasteiger partial charge in [-0.2, -0.15) is 5.10 Å². The first-order valence-corrected chi connectivity index (χ1v) is 6.52. The lowest BCUT2D eigenvalue weighted by Crippen LogP contribution is -2.34. The number of hydrogen-bond donors (Lipinski definition) is 1. The Labute approximate surface area is 124 Å². The number of ether oxygens (including phenoxy) is 1. The molecule has 2 heterocycles. The molecular formula is C12H10Cl2N4O2. The van der Waals surface area contributed by atoms with E-state index in [0.717, 1.165) is 0 Å². The topological polar surface area (TPSA) is 79.0 Å². The fraction of sp³-hybridized carbons (Fsp3) is 0.250. The summed E-state index contributed by atoms with van der Waals surface area (Å²) >= 11 is 12.4. The molecule has 0 unspecified atom stereocenters. The molecule has 1 aliphatic heterocycles. The normalized spacial score (nSPS) is 24.4. The molecule has 0 radical (unpaired) electrons. The van der Waals surface area contributed by atoms with Gasteiger partial charge in [0, 0.05) is 15.6 Å². The predicted molar refractivity (Wildman–Crippen MR) is 72.4 cm³/mol. The zero-order chi connectivity index (χ0) is 14.3. The van der Waals surface area contributed by atoms with E-state index in [1.54, 1.807) is 18.2 Å². The van der Waals surface area contributed by atoms with Crippen LogP contribution in [-0.4, -0.2) is 27.8 Å². The van der Waals surface area contributed by atoms with Gasteiger partial charge in [0.2, 0.25) is 5.66 Å². The van der Waals surface area contributed by atoms with Crippen LogP contribution in [0.3, 0.4) is 0 Å². The lowest BCUT2D eigenvalue weighted by Gasteiger charge is -2.13. The van der Waals surface area contributed by atoms with Crippen LogP contribution in [0.4, 0.5) is 0 Å². The maximum Gasteiger partial charge on any atom is 0.351 e. The van der Waals surface area contributed by atoms with Crippen molar-refractivity contribution < 1.29 is 9.53 Å². The molecule has 1 saturated heterocycles. The van der Waals surface area contributed by atoms with Crippen LogP contribution in [-0.2, 0) is 15.2 Å². The van der Waals surface area contributed by atoms with Gasteiger partial charge >= 0.3 is 5.97 Å². The molecule has 1 fully saturated rings. The van der Waals surface area contributed by atoms with Crippen molar-refractivity contribution in [2.45, 2.75) is 11.7 Å². The summed E-state index contributed by atoms with van der Waals surface area (Å²) in [5.74, 6) is -0.482. The Kier molecular flexibility index (Phi) is 3.16. The van der Waals surface area contributed by atoms with Crippen LogP contribution in [0.2, 0.25) is 10.0 Å². The minimum absolute atomic E-state index is 0.419. The van der Waals surface area contributed by atoms with E-state index < -0.39 is 17.7 Å². The van der Waals surface area contributed by atoms with E-state index in [2.05, 4.69) is 15.4 Å². The number of rotatable bonds is 3. The number of benzene rings is 1. The van der Waals surface area contributed by atoms with E-state index in [1.165, 1.54) is 24.4 Å². The molecule has 6 nitrogen and oxygen atoms in total. The summed E-state index contributed by atoms with van der Waals surface area (Å²) in [6.07, 6.45) is 2.78. The lowest BCUT2D eigenvalue weighted by molar-refractivity contribution is -0.147. The van der Waals surface area contributed by atoms with Gasteiger partial charge in [-0.25, -0.2) is 14.5 Å². The highest BCUT2D eigenvalue weighted by atomic mass is 35.5. The van der Waals surface area contributed by atoms with Crippen molar-refractivity contribution in [3.8, 4) is 0 Å². The van der Waals surface area contributed by atoms with Crippen molar-refractivity contribution in [1.29, 1.82) is 0 Å². The van der Waals surface area contributed by atoms with Crippen molar-refractivity contribution in [2.75, 3.05) is 7.11 Å². The van der Waals surface area contributed by atoms with Crippen LogP contribution >= 0.6 is 23.2 Å². The van der Waals surface area contributed by atoms with Gasteiger partial charge in [-0.3, -0.25) is 5.32 Å². The van der Waals surface area contributed by atoms with Gasteiger partial charge in [0.25, 0.3) is 0 Å². The number of hydrogen-bond acceptors (Lipinski definition) is 5. The van der Waals surface area contributed by atoms with Crippen LogP contribution in [0.5, 0.6) is 0 Å². The van der Waals surface area contributed by atoms with Crippen molar-refractivity contribution in [3.05, 3.63) is 46.5 Å². The quantitative estimate of drug-likeness (QED) is 0.690. The number of methoxy groups -OCH3 is 1. The Bertz CT molecular complexity index is 641. The first-order valence-electron chi connectivity index (χ1n) is 5.76. The largest absolute Gasteiger partial charge is 0.466 e. The molecule has 0 aliphatic carbocycles. The Morgan fingerprint density at radius 1 is 1.45 bits per heavy atom. The molecule has 1 aliphatic rings. The Hall–Kier alpha value is -1.63. The minimum atomic E-state index is -1.15. The Morgan fingerprint density at radius 3 is 2.70 bits per heavy atom. The first-order chi connectivity index (χ1) is 9.61. The van der Waals surface area contributed by atoms with Crippen molar-refractivity contribution in [3.63, 3.8) is 0 Å². The zero-order valence-electron chi connectivity index (χ0n) is 10.4. The predicted octanol–water partition coefficient (Wildman–Crippen LogP) is 1.76. The number of carbonyl (C=O) groups is 1. The third kappa shape index (κ3) is 1.80. The van der Waals surface area contributed by atoms with Gasteiger partial charge in [-0.1, -0.05) is 29.3 Å². The summed E-state index contributed by atoms with van der Waals surface area (Å²) in [5.41, 5.74) is -0.517. The number of halogens is 2. The highest BCUT2D eigenvalue weighted by molar-refractivity contribution is 6.36. The molecule has 1 N–H and O–H groups in total. The van der Waals surface area contributed by atoms with E-state index in [4.69, 9.17) is 27.9 Å². The summed E-state index contributed by atoms with van der Waals surface area (Å²) in [7, 11) is 1.31. The summed E-state index contributed by atoms with van der Waals surface area (Å²) in [4.78, 5) is 16.0. The Balaban J connectivity index is 2.08. The first kappa shape index (κ1) is 13.4. The summed E-state index contributed by atoms with van der Waals surface area (Å²) < 4.78 is 6.26. The Morgan fingerprint density at radius 2 is 2.15 bits per heavy atom. The molecule has 2 atom stereocenters. The second-order valence-electron chi connectivity index (χ2n) is 4.31. The van der Waals surface area contributed by atoms with E-state index in [0.29, 0.717) is 15.6 Å². The average Bonchev–Trinajstić information content (AvgIpc) is 2.93. The molecule has 0 amide bonds. The maximum absolute atomic E-state index is 12.1. The zero-order valence-corrected chi connectivity index (χ0v) is 11.9. The maximum atomic E-state index is 12.1. The molecule has 104 valence electrons. The molecular weight excluding hydrogens is 303 g/mol. The molecule has 8 heteroatoms. The van der Waals surface area contributed by atoms with Crippen molar-refractivity contribution in [1.82, 2.24) is 20.1 Å². The minimum Gasteiger partial charge on any atom is -0.466 e. The van der Waals surface area contributed by atoms with Crippen LogP contribution in [0, 0.1) is 0 Å². The summed E-state index contributed by atoms with van der Waals surface area (Å²) in [5, 5.41) is 8.01. The second kappa shape index (κ2) is 4.73. The smallest absolute Gasteiger partial charge is 0.351 e. The van der Waals surface area contributed by atoms with Gasteiger partial charge in [0.15, 0.2) is 0 Å². The highest BCUT2D eigenvalue weighted by Crippen LogP contribution is 2.49. The second-order valence-corrected chi connectivity index (χ2v) is 5.13. The third-order valence-electron chi connectivity index (χ3n) is 3.26. The number of esters is 1. The van der Waals surface area contributed by atoms with Gasteiger partial charge < -0.3 is 4.74 Å². The van der Waals surface area contributed by atoms with E-state index in [-0.39, 0.29) is 0 Å². The average molecular weight is 313 g/mol. The van der Waals surface area contributed by atoms with Gasteiger partial charge in [0.1, 0.15) is 12.7 Å². The summed E-state index contributed by atoms with van der Waals surface area (Å²) in [6.45, 7) is 0. The molecule has 20 heavy (non-hydrogen) atoms. The van der Waals surface area contributed by atoms with E-state index in [1.807, 2.05) is 0 Å². The molecule has 1 aromatic carbocycles. The lowest BCUT2D eigenvalue weighted by atomic mass is 10.1. The summed E-state index contributed by atoms with van der Waals surface area (Å²) in [6, 6.07) is 4.75. The highest BCUT2D eigenvalue weighted by Gasteiger charge is 2.65. The van der Waals surface area contributed by atoms with Crippen LogP contribution in [0.15, 0.2) is 30.9 Å². The fourth-order valence-electron chi connectivity index (χ4n) is 2.26. The van der Waals surface area contributed by atoms with Gasteiger partial charge in [-0.15, -0.1) is 0 Å². The third-order valence-corrected chi connectivity index (χ3v) is 3.92. The molecule has 1 aromatic heterocycles. The van der Waals surface area contributed by atoms with Gasteiger partial charge in [0.05, 0.1) is 13.2 Å². The molecule has 0 saturated carbocycles. The van der Waals surface area contributed by atoms with Crippen LogP contribution in [0.25, 0.3) is 0 Å². The molecule has 3 rings (SSSR count). The fourth-order valence-corrected chi connectivity index (χ4v) is 2.88. The van der Waals surface area contributed by atoms with Gasteiger partial charge in [-0.05, 0) is 12.1 Å². The number of nitrogens with one attached hydrogen (secondary N) is 1. The number of carbonyl (C=O) groups excluding carboxylic acids is 1. The van der Waals surface area contributed by atoms with Crippen molar-refractivity contribution in [2.24, 2.45) is 0 Å². The molecule has 0 spiro atoms. The number of nitrogens with zero attached hydrogens (tertiary/aromatic N) is 3. The SMILES string of the molecule is COC(=O)[C@@]1(n2cncn2)N[C@H]1c1c(Cl)cccc1Cl. The van der Waals surface area contributed by atoms with E-state index in [9.17, 15) is 4.79 Å². The standard InChI is InChI=1S/C12H10Cl2N4O2/c1-20-11(19)12(18-6-15-5-16-18)10(17-12)9-7(13)3-2-4-8(9)14/h2-6,10,17H,1H3/t10-,12+/m0/s1. The molecule has 2 aromatic rings. The number of aromatic nitrogens is 3. The van der Waals surface area contributed by atoms with Crippen LogP contribution < -0.4 is 5.32 Å². The monoisotopic (exact) mass is 312 g/mol. The van der Waals surface area contributed by atoms with Crippen molar-refractivity contribution >= 4 is 29.2 Å². The molecule has 0 bridgehead atoms.